The van der Waals surface area contributed by atoms with Gasteiger partial charge in [0.2, 0.25) is 0 Å². The van der Waals surface area contributed by atoms with Crippen molar-refractivity contribution in [2.75, 3.05) is 0 Å². The zero-order valence-electron chi connectivity index (χ0n) is 10.3. The molecule has 1 unspecified atom stereocenters. The Bertz CT molecular complexity index is 466. The Labute approximate surface area is 121 Å². The lowest BCUT2D eigenvalue weighted by Crippen LogP contribution is -2.51. The summed E-state index contributed by atoms with van der Waals surface area (Å²) in [5.74, 6) is -2.07. The van der Waals surface area contributed by atoms with Gasteiger partial charge in [-0.25, -0.2) is 13.9 Å². The summed E-state index contributed by atoms with van der Waals surface area (Å²) in [6.45, 7) is 0. The molecule has 0 heterocycles. The molecule has 0 fully saturated rings. The normalized spacial score (nSPS) is 19.9. The van der Waals surface area contributed by atoms with Crippen molar-refractivity contribution in [3.05, 3.63) is 0 Å². The predicted octanol–water partition coefficient (Wildman–Crippen LogP) is -4.51. The number of phosphoric ester groups is 2. The van der Waals surface area contributed by atoms with E-state index in [4.69, 9.17) is 29.8 Å². The fourth-order valence-electron chi connectivity index (χ4n) is 1.07. The molecule has 0 bridgehead atoms. The first-order valence-electron chi connectivity index (χ1n) is 5.09. The van der Waals surface area contributed by atoms with Crippen LogP contribution in [0.1, 0.15) is 0 Å². The van der Waals surface area contributed by atoms with Gasteiger partial charge in [-0.15, -0.1) is 0 Å². The minimum Gasteiger partial charge on any atom is -0.387 e. The Hall–Kier alpha value is -0.470. The van der Waals surface area contributed by atoms with Gasteiger partial charge in [0, 0.05) is 0 Å². The van der Waals surface area contributed by atoms with E-state index in [0.717, 1.165) is 0 Å². The van der Waals surface area contributed by atoms with Crippen molar-refractivity contribution in [1.82, 2.24) is 0 Å². The Morgan fingerprint density at radius 2 is 1.23 bits per heavy atom. The summed E-state index contributed by atoms with van der Waals surface area (Å²) in [6, 6.07) is 0. The lowest BCUT2D eigenvalue weighted by molar-refractivity contribution is -0.189. The summed E-state index contributed by atoms with van der Waals surface area (Å²) < 4.78 is 27.7. The van der Waals surface area contributed by atoms with Gasteiger partial charge in [0.05, 0.1) is 0 Å². The SMILES string of the molecule is O=C(OP(=O)(O)O)[C@H](O)[C@@H](O)[C@@H](O)[C@@H](O)C(O)OP(=O)(O)O. The highest BCUT2D eigenvalue weighted by Gasteiger charge is 2.41. The molecular formula is C6H14O14P2. The number of aliphatic hydroxyl groups excluding tert-OH is 5. The standard InChI is InChI=1S/C6H14O14P2/c7-1(3(9)5(11)19-21(13,14)15)2(8)4(10)6(12)20-22(16,17)18/h1-5,7-11H,(H2,13,14,15)(H2,16,17,18)/t1-,2+,3-,4-,5?/m1/s1. The number of carbonyl (C=O) groups excluding carboxylic acids is 1. The van der Waals surface area contributed by atoms with Gasteiger partial charge >= 0.3 is 21.6 Å². The maximum atomic E-state index is 11.0. The van der Waals surface area contributed by atoms with Crippen molar-refractivity contribution in [2.45, 2.75) is 30.7 Å². The van der Waals surface area contributed by atoms with Crippen molar-refractivity contribution in [2.24, 2.45) is 0 Å². The Morgan fingerprint density at radius 1 is 0.773 bits per heavy atom. The highest BCUT2D eigenvalue weighted by Crippen LogP contribution is 2.38. The minimum absolute atomic E-state index is 2.07. The molecule has 0 aliphatic carbocycles. The molecule has 0 saturated heterocycles. The molecule has 22 heavy (non-hydrogen) atoms. The summed E-state index contributed by atoms with van der Waals surface area (Å²) in [5.41, 5.74) is 0. The molecule has 132 valence electrons. The zero-order valence-corrected chi connectivity index (χ0v) is 12.1. The van der Waals surface area contributed by atoms with Crippen LogP contribution in [0.4, 0.5) is 0 Å². The van der Waals surface area contributed by atoms with Crippen LogP contribution in [0.5, 0.6) is 0 Å². The summed E-state index contributed by atoms with van der Waals surface area (Å²) in [7, 11) is -10.6. The number of hydrogen-bond acceptors (Lipinski definition) is 10. The minimum atomic E-state index is -5.36. The molecular weight excluding hydrogens is 358 g/mol. The highest BCUT2D eigenvalue weighted by atomic mass is 31.2. The van der Waals surface area contributed by atoms with Crippen molar-refractivity contribution in [3.63, 3.8) is 0 Å². The molecule has 14 nitrogen and oxygen atoms in total. The van der Waals surface area contributed by atoms with Crippen LogP contribution in [-0.4, -0.2) is 81.8 Å². The van der Waals surface area contributed by atoms with E-state index in [2.05, 4.69) is 9.05 Å². The Morgan fingerprint density at radius 3 is 1.59 bits per heavy atom. The monoisotopic (exact) mass is 372 g/mol. The van der Waals surface area contributed by atoms with Crippen molar-refractivity contribution < 1.29 is 68.1 Å². The van der Waals surface area contributed by atoms with E-state index in [0.29, 0.717) is 0 Å². The van der Waals surface area contributed by atoms with Gasteiger partial charge in [0.1, 0.15) is 18.3 Å². The number of hydrogen-bond donors (Lipinski definition) is 9. The average Bonchev–Trinajstić information content (AvgIpc) is 2.30. The summed E-state index contributed by atoms with van der Waals surface area (Å²) >= 11 is 0. The molecule has 0 aromatic carbocycles. The van der Waals surface area contributed by atoms with Crippen LogP contribution in [0.25, 0.3) is 0 Å². The van der Waals surface area contributed by atoms with E-state index >= 15 is 0 Å². The molecule has 9 N–H and O–H groups in total. The van der Waals surface area contributed by atoms with Gasteiger partial charge in [0.15, 0.2) is 12.4 Å². The van der Waals surface area contributed by atoms with Gasteiger partial charge in [-0.1, -0.05) is 0 Å². The lowest BCUT2D eigenvalue weighted by Gasteiger charge is -2.28. The number of carbonyl (C=O) groups is 1. The Kier molecular flexibility index (Phi) is 7.71. The molecule has 0 aromatic rings. The fourth-order valence-corrected chi connectivity index (χ4v) is 1.82. The largest absolute Gasteiger partial charge is 0.527 e. The van der Waals surface area contributed by atoms with Crippen LogP contribution >= 0.6 is 15.6 Å². The van der Waals surface area contributed by atoms with Crippen LogP contribution < -0.4 is 0 Å². The molecule has 0 aromatic heterocycles. The van der Waals surface area contributed by atoms with Gasteiger partial charge < -0.3 is 39.8 Å². The van der Waals surface area contributed by atoms with Crippen molar-refractivity contribution in [1.29, 1.82) is 0 Å². The van der Waals surface area contributed by atoms with E-state index in [-0.39, 0.29) is 0 Å². The Balaban J connectivity index is 4.83. The quantitative estimate of drug-likeness (QED) is 0.144. The number of phosphoric acid groups is 2. The first-order chi connectivity index (χ1) is 9.65. The second-order valence-corrected chi connectivity index (χ2v) is 6.16. The third-order valence-electron chi connectivity index (χ3n) is 2.01. The molecule has 5 atom stereocenters. The summed E-state index contributed by atoms with van der Waals surface area (Å²) in [4.78, 5) is 44.3. The second kappa shape index (κ2) is 7.88. The maximum Gasteiger partial charge on any atom is 0.527 e. The van der Waals surface area contributed by atoms with Crippen molar-refractivity contribution in [3.8, 4) is 0 Å². The van der Waals surface area contributed by atoms with E-state index in [9.17, 15) is 29.2 Å². The molecule has 0 saturated carbocycles. The lowest BCUT2D eigenvalue weighted by atomic mass is 10.0. The summed E-state index contributed by atoms with van der Waals surface area (Å²) in [5, 5.41) is 46.0. The molecule has 0 rings (SSSR count). The first kappa shape index (κ1) is 21.5. The zero-order chi connectivity index (χ0) is 17.9. The molecule has 16 heteroatoms. The molecule has 0 aliphatic rings. The smallest absolute Gasteiger partial charge is 0.387 e. The number of aliphatic hydroxyl groups is 5. The van der Waals surface area contributed by atoms with Crippen LogP contribution in [0, 0.1) is 0 Å². The van der Waals surface area contributed by atoms with Gasteiger partial charge in [-0.05, 0) is 0 Å². The predicted molar refractivity (Wildman–Crippen MR) is 61.3 cm³/mol. The first-order valence-corrected chi connectivity index (χ1v) is 8.15. The third-order valence-corrected chi connectivity index (χ3v) is 2.92. The van der Waals surface area contributed by atoms with Crippen LogP contribution in [-0.2, 0) is 23.0 Å². The van der Waals surface area contributed by atoms with E-state index in [1.807, 2.05) is 0 Å². The topological polar surface area (TPSA) is 252 Å². The van der Waals surface area contributed by atoms with Gasteiger partial charge in [-0.2, -0.15) is 0 Å². The van der Waals surface area contributed by atoms with Gasteiger partial charge in [0.25, 0.3) is 0 Å². The molecule has 0 amide bonds. The molecule has 0 spiro atoms. The van der Waals surface area contributed by atoms with E-state index < -0.39 is 52.3 Å². The third kappa shape index (κ3) is 7.69. The summed E-state index contributed by atoms with van der Waals surface area (Å²) in [6.07, 6.45) is -13.4. The molecule has 0 aliphatic heterocycles. The highest BCUT2D eigenvalue weighted by molar-refractivity contribution is 7.47. The molecule has 0 radical (unpaired) electrons. The van der Waals surface area contributed by atoms with Crippen LogP contribution in [0.2, 0.25) is 0 Å². The number of rotatable bonds is 8. The van der Waals surface area contributed by atoms with E-state index in [1.165, 1.54) is 0 Å². The maximum absolute atomic E-state index is 11.0. The van der Waals surface area contributed by atoms with E-state index in [1.54, 1.807) is 0 Å². The average molecular weight is 372 g/mol. The second-order valence-electron chi connectivity index (χ2n) is 3.80. The van der Waals surface area contributed by atoms with Crippen LogP contribution in [0.3, 0.4) is 0 Å². The fraction of sp³-hybridized carbons (Fsp3) is 0.833. The van der Waals surface area contributed by atoms with Crippen molar-refractivity contribution >= 4 is 21.6 Å². The van der Waals surface area contributed by atoms with Crippen LogP contribution in [0.15, 0.2) is 0 Å². The van der Waals surface area contributed by atoms with Gasteiger partial charge in [-0.3, -0.25) is 14.3 Å².